The summed E-state index contributed by atoms with van der Waals surface area (Å²) in [6.45, 7) is 2.07. The van der Waals surface area contributed by atoms with E-state index in [9.17, 15) is 4.79 Å². The molecule has 21 heavy (non-hydrogen) atoms. The number of hydrogen-bond donors (Lipinski definition) is 0. The van der Waals surface area contributed by atoms with Crippen molar-refractivity contribution in [3.8, 4) is 11.4 Å². The molecule has 110 valence electrons. The second-order valence-corrected chi connectivity index (χ2v) is 4.99. The van der Waals surface area contributed by atoms with Gasteiger partial charge in [0, 0.05) is 30.9 Å². The lowest BCUT2D eigenvalue weighted by Gasteiger charge is -2.16. The number of esters is 1. The Balaban J connectivity index is 2.48. The van der Waals surface area contributed by atoms with Crippen LogP contribution in [-0.2, 0) is 4.74 Å². The number of rotatable bonds is 4. The van der Waals surface area contributed by atoms with Gasteiger partial charge in [0.15, 0.2) is 5.82 Å². The van der Waals surface area contributed by atoms with Crippen LogP contribution in [0, 0.1) is 0 Å². The molecular weight excluding hydrogens is 290 g/mol. The minimum Gasteiger partial charge on any atom is -0.462 e. The lowest BCUT2D eigenvalue weighted by molar-refractivity contribution is 0.0526. The van der Waals surface area contributed by atoms with Crippen LogP contribution >= 0.6 is 11.6 Å². The summed E-state index contributed by atoms with van der Waals surface area (Å²) in [6, 6.07) is 7.26. The summed E-state index contributed by atoms with van der Waals surface area (Å²) in [5, 5.41) is 0.608. The SMILES string of the molecule is CCOC(=O)c1cnc(-c2cccc(Cl)c2)nc1N(C)C. The predicted molar refractivity (Wildman–Crippen MR) is 82.8 cm³/mol. The van der Waals surface area contributed by atoms with Gasteiger partial charge in [-0.2, -0.15) is 0 Å². The zero-order valence-electron chi connectivity index (χ0n) is 12.1. The van der Waals surface area contributed by atoms with Crippen molar-refractivity contribution in [3.05, 3.63) is 41.0 Å². The summed E-state index contributed by atoms with van der Waals surface area (Å²) in [5.41, 5.74) is 1.13. The summed E-state index contributed by atoms with van der Waals surface area (Å²) in [5.74, 6) is 0.589. The lowest BCUT2D eigenvalue weighted by atomic mass is 10.2. The van der Waals surface area contributed by atoms with Crippen molar-refractivity contribution in [1.29, 1.82) is 0 Å². The second kappa shape index (κ2) is 6.54. The molecule has 0 radical (unpaired) electrons. The highest BCUT2D eigenvalue weighted by molar-refractivity contribution is 6.30. The molecule has 1 aromatic carbocycles. The monoisotopic (exact) mass is 305 g/mol. The Morgan fingerprint density at radius 3 is 2.76 bits per heavy atom. The average Bonchev–Trinajstić information content (AvgIpc) is 2.46. The third-order valence-corrected chi connectivity index (χ3v) is 3.01. The zero-order chi connectivity index (χ0) is 15.4. The molecule has 0 bridgehead atoms. The quantitative estimate of drug-likeness (QED) is 0.813. The highest BCUT2D eigenvalue weighted by Crippen LogP contribution is 2.23. The van der Waals surface area contributed by atoms with Gasteiger partial charge < -0.3 is 9.64 Å². The van der Waals surface area contributed by atoms with Crippen molar-refractivity contribution in [2.24, 2.45) is 0 Å². The molecule has 0 atom stereocenters. The van der Waals surface area contributed by atoms with E-state index in [1.54, 1.807) is 24.0 Å². The van der Waals surface area contributed by atoms with E-state index in [1.807, 2.05) is 26.2 Å². The Morgan fingerprint density at radius 1 is 1.38 bits per heavy atom. The molecule has 0 spiro atoms. The van der Waals surface area contributed by atoms with Gasteiger partial charge in [0.1, 0.15) is 11.4 Å². The highest BCUT2D eigenvalue weighted by Gasteiger charge is 2.17. The Kier molecular flexibility index (Phi) is 4.75. The molecule has 0 unspecified atom stereocenters. The number of halogens is 1. The summed E-state index contributed by atoms with van der Waals surface area (Å²) in [7, 11) is 3.62. The molecule has 2 rings (SSSR count). The number of ether oxygens (including phenoxy) is 1. The van der Waals surface area contributed by atoms with Crippen molar-refractivity contribution in [2.75, 3.05) is 25.6 Å². The molecule has 0 aliphatic carbocycles. The second-order valence-electron chi connectivity index (χ2n) is 4.56. The molecule has 2 aromatic rings. The van der Waals surface area contributed by atoms with Crippen LogP contribution in [0.1, 0.15) is 17.3 Å². The minimum absolute atomic E-state index is 0.307. The summed E-state index contributed by atoms with van der Waals surface area (Å²) < 4.78 is 5.02. The van der Waals surface area contributed by atoms with E-state index in [2.05, 4.69) is 9.97 Å². The largest absolute Gasteiger partial charge is 0.462 e. The summed E-state index contributed by atoms with van der Waals surface area (Å²) >= 11 is 5.98. The lowest BCUT2D eigenvalue weighted by Crippen LogP contribution is -2.18. The molecule has 5 nitrogen and oxygen atoms in total. The number of nitrogens with zero attached hydrogens (tertiary/aromatic N) is 3. The first-order valence-electron chi connectivity index (χ1n) is 6.50. The third kappa shape index (κ3) is 3.49. The fourth-order valence-electron chi connectivity index (χ4n) is 1.83. The minimum atomic E-state index is -0.432. The maximum absolute atomic E-state index is 11.9. The number of carbonyl (C=O) groups excluding carboxylic acids is 1. The van der Waals surface area contributed by atoms with Gasteiger partial charge >= 0.3 is 5.97 Å². The van der Waals surface area contributed by atoms with Gasteiger partial charge in [-0.05, 0) is 19.1 Å². The molecule has 6 heteroatoms. The zero-order valence-corrected chi connectivity index (χ0v) is 12.9. The first kappa shape index (κ1) is 15.3. The fraction of sp³-hybridized carbons (Fsp3) is 0.267. The number of hydrogen-bond acceptors (Lipinski definition) is 5. The topological polar surface area (TPSA) is 55.3 Å². The first-order valence-corrected chi connectivity index (χ1v) is 6.88. The Morgan fingerprint density at radius 2 is 2.14 bits per heavy atom. The smallest absolute Gasteiger partial charge is 0.343 e. The highest BCUT2D eigenvalue weighted by atomic mass is 35.5. The molecule has 1 aromatic heterocycles. The molecular formula is C15H16ClN3O2. The van der Waals surface area contributed by atoms with Crippen LogP contribution in [0.15, 0.2) is 30.5 Å². The average molecular weight is 306 g/mol. The van der Waals surface area contributed by atoms with E-state index >= 15 is 0 Å². The van der Waals surface area contributed by atoms with Crippen molar-refractivity contribution >= 4 is 23.4 Å². The van der Waals surface area contributed by atoms with E-state index < -0.39 is 5.97 Å². The normalized spacial score (nSPS) is 10.3. The molecule has 0 N–H and O–H groups in total. The van der Waals surface area contributed by atoms with Crippen LogP contribution in [0.3, 0.4) is 0 Å². The molecule has 0 saturated heterocycles. The van der Waals surface area contributed by atoms with Gasteiger partial charge in [0.05, 0.1) is 6.61 Å². The van der Waals surface area contributed by atoms with Gasteiger partial charge in [-0.1, -0.05) is 23.7 Å². The molecule has 0 fully saturated rings. The van der Waals surface area contributed by atoms with Crippen molar-refractivity contribution < 1.29 is 9.53 Å². The number of carbonyl (C=O) groups is 1. The number of benzene rings is 1. The maximum atomic E-state index is 11.9. The van der Waals surface area contributed by atoms with Crippen LogP contribution in [-0.4, -0.2) is 36.6 Å². The maximum Gasteiger partial charge on any atom is 0.343 e. The van der Waals surface area contributed by atoms with Gasteiger partial charge in [0.2, 0.25) is 0 Å². The van der Waals surface area contributed by atoms with Crippen molar-refractivity contribution in [3.63, 3.8) is 0 Å². The molecule has 0 aliphatic heterocycles. The van der Waals surface area contributed by atoms with Gasteiger partial charge in [-0.25, -0.2) is 14.8 Å². The first-order chi connectivity index (χ1) is 10.0. The fourth-order valence-corrected chi connectivity index (χ4v) is 2.02. The number of aromatic nitrogens is 2. The Hall–Kier alpha value is -2.14. The summed E-state index contributed by atoms with van der Waals surface area (Å²) in [4.78, 5) is 22.4. The van der Waals surface area contributed by atoms with E-state index in [4.69, 9.17) is 16.3 Å². The van der Waals surface area contributed by atoms with Gasteiger partial charge in [-0.3, -0.25) is 0 Å². The van der Waals surface area contributed by atoms with E-state index in [-0.39, 0.29) is 0 Å². The van der Waals surface area contributed by atoms with Crippen molar-refractivity contribution in [1.82, 2.24) is 9.97 Å². The predicted octanol–water partition coefficient (Wildman–Crippen LogP) is 3.04. The van der Waals surface area contributed by atoms with Crippen LogP contribution in [0.4, 0.5) is 5.82 Å². The van der Waals surface area contributed by atoms with E-state index in [0.29, 0.717) is 28.8 Å². The van der Waals surface area contributed by atoms with E-state index in [1.165, 1.54) is 6.20 Å². The van der Waals surface area contributed by atoms with E-state index in [0.717, 1.165) is 5.56 Å². The molecule has 0 saturated carbocycles. The van der Waals surface area contributed by atoms with Gasteiger partial charge in [-0.15, -0.1) is 0 Å². The molecule has 0 aliphatic rings. The Bertz CT molecular complexity index is 659. The number of anilines is 1. The standard InChI is InChI=1S/C15H16ClN3O2/c1-4-21-15(20)12-9-17-13(18-14(12)19(2)3)10-6-5-7-11(16)8-10/h5-9H,4H2,1-3H3. The van der Waals surface area contributed by atoms with Crippen LogP contribution in [0.5, 0.6) is 0 Å². The third-order valence-electron chi connectivity index (χ3n) is 2.77. The summed E-state index contributed by atoms with van der Waals surface area (Å²) in [6.07, 6.45) is 1.48. The van der Waals surface area contributed by atoms with Gasteiger partial charge in [0.25, 0.3) is 0 Å². The molecule has 1 heterocycles. The van der Waals surface area contributed by atoms with Crippen LogP contribution in [0.2, 0.25) is 5.02 Å². The molecule has 0 amide bonds. The van der Waals surface area contributed by atoms with Crippen molar-refractivity contribution in [2.45, 2.75) is 6.92 Å². The van der Waals surface area contributed by atoms with Crippen LogP contribution < -0.4 is 4.90 Å². The van der Waals surface area contributed by atoms with Crippen LogP contribution in [0.25, 0.3) is 11.4 Å². The Labute approximate surface area is 128 Å².